The van der Waals surface area contributed by atoms with Gasteiger partial charge in [0.15, 0.2) is 6.61 Å². The number of carbonyl (C=O) groups is 5. The van der Waals surface area contributed by atoms with Gasteiger partial charge in [-0.3, -0.25) is 0 Å². The second-order valence-electron chi connectivity index (χ2n) is 5.30. The van der Waals surface area contributed by atoms with E-state index in [1.54, 1.807) is 20.8 Å². The standard InChI is InChI=1S/C5H10O3.C4H6O3.C3H3FO3.C3H4O3.C3H6O3/c1-3-7-5(6)8-4-2;1-3-2-6-4(5)7-3;4-2-1-6-3(5)7-2;4-3-5-1-2-6-3;1-5-3(4)6-2/h3-4H2,1-2H3;3H,2H2,1H3;2H,1H2;1-2H2;1-2H3. The van der Waals surface area contributed by atoms with Crippen LogP contribution in [0.25, 0.3) is 0 Å². The van der Waals surface area contributed by atoms with Crippen LogP contribution in [-0.4, -0.2) is 97.1 Å². The summed E-state index contributed by atoms with van der Waals surface area (Å²) in [5.41, 5.74) is 0. The highest BCUT2D eigenvalue weighted by Crippen LogP contribution is 2.05. The summed E-state index contributed by atoms with van der Waals surface area (Å²) in [6.07, 6.45) is -4.86. The molecule has 3 fully saturated rings. The Kier molecular flexibility index (Phi) is 20.2. The third-order valence-corrected chi connectivity index (χ3v) is 2.67. The van der Waals surface area contributed by atoms with E-state index in [0.29, 0.717) is 33.0 Å². The molecule has 0 spiro atoms. The number of halogens is 1. The molecule has 0 radical (unpaired) electrons. The van der Waals surface area contributed by atoms with Gasteiger partial charge in [-0.25, -0.2) is 24.0 Å². The number of hydrogen-bond donors (Lipinski definition) is 0. The summed E-state index contributed by atoms with van der Waals surface area (Å²) >= 11 is 0. The Balaban J connectivity index is 0. The van der Waals surface area contributed by atoms with Crippen LogP contribution in [0.15, 0.2) is 0 Å². The molecule has 3 aliphatic heterocycles. The summed E-state index contributed by atoms with van der Waals surface area (Å²) in [5, 5.41) is 0. The number of carbonyl (C=O) groups excluding carboxylic acids is 5. The maximum Gasteiger partial charge on any atom is 0.511 e. The van der Waals surface area contributed by atoms with Crippen molar-refractivity contribution in [1.82, 2.24) is 0 Å². The first-order valence-electron chi connectivity index (χ1n) is 9.61. The van der Waals surface area contributed by atoms with E-state index in [9.17, 15) is 28.4 Å². The third kappa shape index (κ3) is 21.5. The van der Waals surface area contributed by atoms with Crippen LogP contribution in [0.5, 0.6) is 0 Å². The Labute approximate surface area is 194 Å². The minimum absolute atomic E-state index is 0.0486. The number of hydrogen-bond acceptors (Lipinski definition) is 15. The van der Waals surface area contributed by atoms with E-state index in [-0.39, 0.29) is 12.7 Å². The molecule has 0 aromatic heterocycles. The van der Waals surface area contributed by atoms with Crippen molar-refractivity contribution in [2.45, 2.75) is 33.2 Å². The minimum Gasteiger partial charge on any atom is -0.438 e. The summed E-state index contributed by atoms with van der Waals surface area (Å²) in [6.45, 7) is 6.96. The van der Waals surface area contributed by atoms with Gasteiger partial charge < -0.3 is 47.4 Å². The van der Waals surface area contributed by atoms with Gasteiger partial charge in [-0.15, -0.1) is 0 Å². The molecule has 0 N–H and O–H groups in total. The average Bonchev–Trinajstić information content (AvgIpc) is 3.53. The maximum absolute atomic E-state index is 11.6. The highest BCUT2D eigenvalue weighted by Gasteiger charge is 2.23. The van der Waals surface area contributed by atoms with Gasteiger partial charge in [0.2, 0.25) is 0 Å². The highest BCUT2D eigenvalue weighted by atomic mass is 19.1. The van der Waals surface area contributed by atoms with Crippen molar-refractivity contribution in [2.75, 3.05) is 53.9 Å². The van der Waals surface area contributed by atoms with Crippen molar-refractivity contribution < 1.29 is 75.7 Å². The van der Waals surface area contributed by atoms with Gasteiger partial charge in [-0.1, -0.05) is 0 Å². The lowest BCUT2D eigenvalue weighted by Gasteiger charge is -1.98. The number of ether oxygens (including phenoxy) is 10. The van der Waals surface area contributed by atoms with Crippen molar-refractivity contribution in [2.24, 2.45) is 0 Å². The molecule has 0 saturated carbocycles. The molecule has 0 amide bonds. The van der Waals surface area contributed by atoms with Crippen LogP contribution < -0.4 is 0 Å². The Hall–Kier alpha value is -3.72. The molecule has 16 heteroatoms. The van der Waals surface area contributed by atoms with Crippen molar-refractivity contribution in [3.05, 3.63) is 0 Å². The molecule has 0 bridgehead atoms. The molecule has 3 saturated heterocycles. The van der Waals surface area contributed by atoms with Crippen LogP contribution in [0, 0.1) is 0 Å². The number of rotatable bonds is 2. The molecule has 0 aromatic carbocycles. The molecule has 3 rings (SSSR count). The minimum atomic E-state index is -1.55. The van der Waals surface area contributed by atoms with Gasteiger partial charge in [0.25, 0.3) is 6.36 Å². The Morgan fingerprint density at radius 2 is 1.26 bits per heavy atom. The zero-order chi connectivity index (χ0) is 26.4. The lowest BCUT2D eigenvalue weighted by Crippen LogP contribution is -2.05. The summed E-state index contributed by atoms with van der Waals surface area (Å²) in [6, 6.07) is 0. The molecule has 3 heterocycles. The number of alkyl halides is 1. The second-order valence-corrected chi connectivity index (χ2v) is 5.30. The zero-order valence-corrected chi connectivity index (χ0v) is 19.4. The maximum atomic E-state index is 11.6. The van der Waals surface area contributed by atoms with Crippen molar-refractivity contribution in [3.63, 3.8) is 0 Å². The molecule has 0 aromatic rings. The Morgan fingerprint density at radius 3 is 1.41 bits per heavy atom. The molecular weight excluding hydrogens is 475 g/mol. The van der Waals surface area contributed by atoms with Gasteiger partial charge in [-0.05, 0) is 20.8 Å². The summed E-state index contributed by atoms with van der Waals surface area (Å²) in [7, 11) is 2.51. The molecule has 34 heavy (non-hydrogen) atoms. The van der Waals surface area contributed by atoms with Crippen molar-refractivity contribution in [3.8, 4) is 0 Å². The van der Waals surface area contributed by atoms with Crippen LogP contribution in [0.3, 0.4) is 0 Å². The fourth-order valence-electron chi connectivity index (χ4n) is 1.38. The van der Waals surface area contributed by atoms with Crippen LogP contribution in [-0.2, 0) is 47.4 Å². The Morgan fingerprint density at radius 1 is 0.794 bits per heavy atom. The predicted molar refractivity (Wildman–Crippen MR) is 105 cm³/mol. The molecular formula is C18H29FO15. The van der Waals surface area contributed by atoms with Gasteiger partial charge >= 0.3 is 30.8 Å². The summed E-state index contributed by atoms with van der Waals surface area (Å²) in [5.74, 6) is 0. The molecule has 198 valence electrons. The SMILES string of the molecule is CC1COC(=O)O1.CCOC(=O)OCC.COC(=O)OC.O=C1OCC(F)O1.O=C1OCCO1. The van der Waals surface area contributed by atoms with Crippen LogP contribution >= 0.6 is 0 Å². The molecule has 0 aliphatic carbocycles. The number of cyclic esters (lactones) is 6. The monoisotopic (exact) mass is 504 g/mol. The van der Waals surface area contributed by atoms with Gasteiger partial charge in [0.1, 0.15) is 25.9 Å². The van der Waals surface area contributed by atoms with E-state index in [1.165, 1.54) is 14.2 Å². The smallest absolute Gasteiger partial charge is 0.438 e. The van der Waals surface area contributed by atoms with Crippen molar-refractivity contribution in [1.29, 1.82) is 0 Å². The molecule has 15 nitrogen and oxygen atoms in total. The second kappa shape index (κ2) is 21.1. The van der Waals surface area contributed by atoms with Gasteiger partial charge in [0.05, 0.1) is 27.4 Å². The first-order chi connectivity index (χ1) is 16.1. The summed E-state index contributed by atoms with van der Waals surface area (Å²) < 4.78 is 53.9. The lowest BCUT2D eigenvalue weighted by atomic mass is 10.5. The first kappa shape index (κ1) is 32.5. The van der Waals surface area contributed by atoms with E-state index in [2.05, 4.69) is 47.4 Å². The fourth-order valence-corrected chi connectivity index (χ4v) is 1.38. The van der Waals surface area contributed by atoms with E-state index in [1.807, 2.05) is 0 Å². The summed E-state index contributed by atoms with van der Waals surface area (Å²) in [4.78, 5) is 49.5. The van der Waals surface area contributed by atoms with Crippen LogP contribution in [0.1, 0.15) is 20.8 Å². The quantitative estimate of drug-likeness (QED) is 0.395. The normalized spacial score (nSPS) is 18.7. The lowest BCUT2D eigenvalue weighted by molar-refractivity contribution is 0.0570. The topological polar surface area (TPSA) is 178 Å². The highest BCUT2D eigenvalue weighted by molar-refractivity contribution is 5.62. The number of methoxy groups -OCH3 is 2. The van der Waals surface area contributed by atoms with Gasteiger partial charge in [-0.2, -0.15) is 4.39 Å². The van der Waals surface area contributed by atoms with Gasteiger partial charge in [0, 0.05) is 0 Å². The first-order valence-corrected chi connectivity index (χ1v) is 9.61. The van der Waals surface area contributed by atoms with Crippen molar-refractivity contribution >= 4 is 30.8 Å². The van der Waals surface area contributed by atoms with Crippen LogP contribution in [0.4, 0.5) is 28.4 Å². The van der Waals surface area contributed by atoms with Crippen LogP contribution in [0.2, 0.25) is 0 Å². The molecule has 2 unspecified atom stereocenters. The Bertz CT molecular complexity index is 564. The molecule has 3 aliphatic rings. The van der Waals surface area contributed by atoms with E-state index < -0.39 is 37.1 Å². The van der Waals surface area contributed by atoms with E-state index in [0.717, 1.165) is 0 Å². The predicted octanol–water partition coefficient (Wildman–Crippen LogP) is 2.72. The third-order valence-electron chi connectivity index (χ3n) is 2.67. The van der Waals surface area contributed by atoms with E-state index in [4.69, 9.17) is 0 Å². The molecule has 2 atom stereocenters. The fraction of sp³-hybridized carbons (Fsp3) is 0.722. The zero-order valence-electron chi connectivity index (χ0n) is 19.4. The average molecular weight is 504 g/mol. The van der Waals surface area contributed by atoms with E-state index >= 15 is 0 Å². The largest absolute Gasteiger partial charge is 0.511 e.